The molecular weight excluding hydrogens is 384 g/mol. The molecule has 0 unspecified atom stereocenters. The van der Waals surface area contributed by atoms with Gasteiger partial charge in [-0.05, 0) is 18.6 Å². The van der Waals surface area contributed by atoms with Crippen LogP contribution in [0.2, 0.25) is 0 Å². The van der Waals surface area contributed by atoms with Crippen molar-refractivity contribution >= 4 is 27.9 Å². The van der Waals surface area contributed by atoms with Crippen LogP contribution in [0.3, 0.4) is 0 Å². The van der Waals surface area contributed by atoms with Gasteiger partial charge in [0.2, 0.25) is 0 Å². The topological polar surface area (TPSA) is 80.3 Å². The summed E-state index contributed by atoms with van der Waals surface area (Å²) < 4.78 is 26.3. The van der Waals surface area contributed by atoms with Crippen LogP contribution in [-0.4, -0.2) is 47.2 Å². The molecule has 1 fully saturated rings. The summed E-state index contributed by atoms with van der Waals surface area (Å²) in [5, 5.41) is 0. The molecule has 0 heterocycles. The molecular formula is C16H19BrO7. The maximum atomic E-state index is 12.2. The Balaban J connectivity index is 2.50. The van der Waals surface area contributed by atoms with Crippen molar-refractivity contribution in [2.45, 2.75) is 12.3 Å². The molecule has 132 valence electrons. The summed E-state index contributed by atoms with van der Waals surface area (Å²) in [6.07, 6.45) is 0.273. The maximum Gasteiger partial charge on any atom is 0.323 e. The number of hydrogen-bond acceptors (Lipinski definition) is 7. The highest BCUT2D eigenvalue weighted by atomic mass is 79.9. The molecule has 0 aliphatic heterocycles. The van der Waals surface area contributed by atoms with Gasteiger partial charge in [0.1, 0.15) is 0 Å². The molecule has 8 heteroatoms. The zero-order valence-electron chi connectivity index (χ0n) is 13.9. The normalized spacial score (nSPS) is 17.8. The Morgan fingerprint density at radius 2 is 1.79 bits per heavy atom. The standard InChI is InChI=1S/C16H19BrO7/c1-20-8-24-13-10(5-9(17)6-12(13)21-2)11-7-16(11,14(18)22-3)15(19)23-4/h5-6,11H,7-8H2,1-4H3/t11-/m1/s1. The highest BCUT2D eigenvalue weighted by Gasteiger charge is 2.69. The summed E-state index contributed by atoms with van der Waals surface area (Å²) in [6.45, 7) is 0.00115. The van der Waals surface area contributed by atoms with Crippen LogP contribution in [0, 0.1) is 5.41 Å². The second kappa shape index (κ2) is 7.40. The van der Waals surface area contributed by atoms with E-state index in [2.05, 4.69) is 15.9 Å². The summed E-state index contributed by atoms with van der Waals surface area (Å²) >= 11 is 3.40. The van der Waals surface area contributed by atoms with E-state index in [0.717, 1.165) is 4.47 Å². The van der Waals surface area contributed by atoms with Gasteiger partial charge in [-0.3, -0.25) is 9.59 Å². The molecule has 0 radical (unpaired) electrons. The van der Waals surface area contributed by atoms with Crippen LogP contribution in [-0.2, 0) is 23.8 Å². The quantitative estimate of drug-likeness (QED) is 0.393. The van der Waals surface area contributed by atoms with E-state index >= 15 is 0 Å². The van der Waals surface area contributed by atoms with Gasteiger partial charge in [0.05, 0.1) is 21.3 Å². The van der Waals surface area contributed by atoms with Crippen molar-refractivity contribution in [2.75, 3.05) is 35.2 Å². The number of carbonyl (C=O) groups is 2. The number of rotatable bonds is 7. The minimum Gasteiger partial charge on any atom is -0.493 e. The average Bonchev–Trinajstić information content (AvgIpc) is 3.35. The predicted octanol–water partition coefficient (Wildman–Crippen LogP) is 2.26. The molecule has 0 saturated heterocycles. The van der Waals surface area contributed by atoms with Crippen LogP contribution in [0.5, 0.6) is 11.5 Å². The number of esters is 2. The van der Waals surface area contributed by atoms with Gasteiger partial charge in [-0.25, -0.2) is 0 Å². The molecule has 1 aromatic carbocycles. The lowest BCUT2D eigenvalue weighted by molar-refractivity contribution is -0.161. The Morgan fingerprint density at radius 3 is 2.29 bits per heavy atom. The van der Waals surface area contributed by atoms with E-state index in [1.54, 1.807) is 12.1 Å². The number of benzene rings is 1. The lowest BCUT2D eigenvalue weighted by Crippen LogP contribution is -2.30. The zero-order valence-corrected chi connectivity index (χ0v) is 15.5. The fourth-order valence-electron chi connectivity index (χ4n) is 2.81. The first-order chi connectivity index (χ1) is 11.5. The molecule has 0 aromatic heterocycles. The van der Waals surface area contributed by atoms with Crippen molar-refractivity contribution in [2.24, 2.45) is 5.41 Å². The first-order valence-corrected chi connectivity index (χ1v) is 7.91. The molecule has 24 heavy (non-hydrogen) atoms. The Hall–Kier alpha value is -1.80. The predicted molar refractivity (Wildman–Crippen MR) is 87.0 cm³/mol. The fourth-order valence-corrected chi connectivity index (χ4v) is 3.26. The number of ether oxygens (including phenoxy) is 5. The van der Waals surface area contributed by atoms with E-state index < -0.39 is 23.3 Å². The highest BCUT2D eigenvalue weighted by Crippen LogP contribution is 2.63. The fraction of sp³-hybridized carbons (Fsp3) is 0.500. The van der Waals surface area contributed by atoms with Crippen LogP contribution in [0.4, 0.5) is 0 Å². The lowest BCUT2D eigenvalue weighted by atomic mass is 9.98. The molecule has 0 amide bonds. The van der Waals surface area contributed by atoms with Crippen LogP contribution in [0.25, 0.3) is 0 Å². The minimum atomic E-state index is -1.36. The third-order valence-electron chi connectivity index (χ3n) is 4.02. The van der Waals surface area contributed by atoms with Crippen molar-refractivity contribution < 1.29 is 33.3 Å². The first-order valence-electron chi connectivity index (χ1n) is 7.12. The molecule has 1 aliphatic rings. The molecule has 1 aliphatic carbocycles. The number of carbonyl (C=O) groups excluding carboxylic acids is 2. The molecule has 1 aromatic rings. The van der Waals surface area contributed by atoms with E-state index in [1.165, 1.54) is 28.4 Å². The Labute approximate surface area is 148 Å². The number of hydrogen-bond donors (Lipinski definition) is 0. The molecule has 0 N–H and O–H groups in total. The van der Waals surface area contributed by atoms with Crippen molar-refractivity contribution in [1.29, 1.82) is 0 Å². The van der Waals surface area contributed by atoms with Gasteiger partial charge in [0.15, 0.2) is 23.7 Å². The van der Waals surface area contributed by atoms with Crippen molar-refractivity contribution in [1.82, 2.24) is 0 Å². The van der Waals surface area contributed by atoms with E-state index in [9.17, 15) is 9.59 Å². The van der Waals surface area contributed by atoms with Gasteiger partial charge >= 0.3 is 11.9 Å². The smallest absolute Gasteiger partial charge is 0.323 e. The average molecular weight is 403 g/mol. The van der Waals surface area contributed by atoms with Crippen molar-refractivity contribution in [3.8, 4) is 11.5 Å². The van der Waals surface area contributed by atoms with Crippen LogP contribution >= 0.6 is 15.9 Å². The SMILES string of the molecule is COCOc1c(OC)cc(Br)cc1[C@H]1CC1(C(=O)OC)C(=O)OC. The second-order valence-corrected chi connectivity index (χ2v) is 6.20. The van der Waals surface area contributed by atoms with Crippen molar-refractivity contribution in [3.05, 3.63) is 22.2 Å². The summed E-state index contributed by atoms with van der Waals surface area (Å²) in [7, 11) is 5.49. The van der Waals surface area contributed by atoms with E-state index in [-0.39, 0.29) is 13.2 Å². The largest absolute Gasteiger partial charge is 0.493 e. The first kappa shape index (κ1) is 18.5. The summed E-state index contributed by atoms with van der Waals surface area (Å²) in [5.74, 6) is -0.809. The monoisotopic (exact) mass is 402 g/mol. The number of methoxy groups -OCH3 is 4. The van der Waals surface area contributed by atoms with Gasteiger partial charge in [-0.15, -0.1) is 0 Å². The van der Waals surface area contributed by atoms with Gasteiger partial charge in [-0.1, -0.05) is 15.9 Å². The van der Waals surface area contributed by atoms with Gasteiger partial charge in [-0.2, -0.15) is 0 Å². The third kappa shape index (κ3) is 3.08. The van der Waals surface area contributed by atoms with E-state index in [4.69, 9.17) is 23.7 Å². The van der Waals surface area contributed by atoms with Gasteiger partial charge in [0.25, 0.3) is 0 Å². The highest BCUT2D eigenvalue weighted by molar-refractivity contribution is 9.10. The van der Waals surface area contributed by atoms with Gasteiger partial charge < -0.3 is 23.7 Å². The Kier molecular flexibility index (Phi) is 5.71. The lowest BCUT2D eigenvalue weighted by Gasteiger charge is -2.17. The summed E-state index contributed by atoms with van der Waals surface area (Å²) in [4.78, 5) is 24.4. The van der Waals surface area contributed by atoms with Crippen molar-refractivity contribution in [3.63, 3.8) is 0 Å². The van der Waals surface area contributed by atoms with Crippen LogP contribution < -0.4 is 9.47 Å². The summed E-state index contributed by atoms with van der Waals surface area (Å²) in [6, 6.07) is 3.51. The molecule has 7 nitrogen and oxygen atoms in total. The second-order valence-electron chi connectivity index (χ2n) is 5.29. The Morgan fingerprint density at radius 1 is 1.17 bits per heavy atom. The summed E-state index contributed by atoms with van der Waals surface area (Å²) in [5.41, 5.74) is -0.713. The molecule has 2 rings (SSSR count). The van der Waals surface area contributed by atoms with Crippen LogP contribution in [0.15, 0.2) is 16.6 Å². The molecule has 1 atom stereocenters. The zero-order chi connectivity index (χ0) is 17.9. The minimum absolute atomic E-state index is 0.00115. The molecule has 1 saturated carbocycles. The third-order valence-corrected chi connectivity index (χ3v) is 4.48. The van der Waals surface area contributed by atoms with E-state index in [1.807, 2.05) is 0 Å². The van der Waals surface area contributed by atoms with Gasteiger partial charge in [0, 0.05) is 23.1 Å². The maximum absolute atomic E-state index is 12.2. The van der Waals surface area contributed by atoms with Crippen LogP contribution in [0.1, 0.15) is 17.9 Å². The number of halogens is 1. The van der Waals surface area contributed by atoms with E-state index in [0.29, 0.717) is 17.1 Å². The molecule has 0 spiro atoms. The molecule has 0 bridgehead atoms. The Bertz CT molecular complexity index is 628.